The molecule has 3 saturated heterocycles. The van der Waals surface area contributed by atoms with Gasteiger partial charge in [-0.1, -0.05) is 26.0 Å². The molecule has 0 bridgehead atoms. The second kappa shape index (κ2) is 9.33. The average molecular weight is 549 g/mol. The summed E-state index contributed by atoms with van der Waals surface area (Å²) in [5.74, 6) is -0.284. The van der Waals surface area contributed by atoms with E-state index in [-0.39, 0.29) is 42.0 Å². The topological polar surface area (TPSA) is 200 Å². The predicted molar refractivity (Wildman–Crippen MR) is 143 cm³/mol. The quantitative estimate of drug-likeness (QED) is 0.225. The first kappa shape index (κ1) is 25.8. The maximum absolute atomic E-state index is 13.5. The lowest BCUT2D eigenvalue weighted by Gasteiger charge is -2.49. The van der Waals surface area contributed by atoms with Gasteiger partial charge in [-0.3, -0.25) is 20.4 Å². The monoisotopic (exact) mass is 548 g/mol. The highest BCUT2D eigenvalue weighted by atomic mass is 16.5. The number of carbonyl (C=O) groups is 2. The van der Waals surface area contributed by atoms with Gasteiger partial charge in [0.25, 0.3) is 11.8 Å². The molecule has 0 saturated carbocycles. The third kappa shape index (κ3) is 3.97. The van der Waals surface area contributed by atoms with E-state index in [9.17, 15) is 14.7 Å². The number of ether oxygens (including phenoxy) is 1. The highest BCUT2D eigenvalue weighted by molar-refractivity contribution is 5.98. The lowest BCUT2D eigenvalue weighted by atomic mass is 9.79. The molecular weight excluding hydrogens is 516 g/mol. The number of para-hydroxylation sites is 1. The Morgan fingerprint density at radius 3 is 2.83 bits per heavy atom. The highest BCUT2D eigenvalue weighted by Crippen LogP contribution is 2.41. The van der Waals surface area contributed by atoms with Crippen LogP contribution in [0, 0.1) is 10.8 Å². The largest absolute Gasteiger partial charge is 0.492 e. The zero-order valence-electron chi connectivity index (χ0n) is 22.1. The Balaban J connectivity index is 1.23. The van der Waals surface area contributed by atoms with E-state index >= 15 is 0 Å². The number of carbonyl (C=O) groups excluding carboxylic acids is 2. The number of amides is 2. The van der Waals surface area contributed by atoms with Gasteiger partial charge in [-0.05, 0) is 24.0 Å². The van der Waals surface area contributed by atoms with Gasteiger partial charge in [0.1, 0.15) is 23.9 Å². The molecule has 14 heteroatoms. The van der Waals surface area contributed by atoms with E-state index in [1.807, 2.05) is 12.1 Å². The zero-order chi connectivity index (χ0) is 28.2. The molecule has 1 aromatic carbocycles. The molecule has 6 rings (SSSR count). The average Bonchev–Trinajstić information content (AvgIpc) is 3.43. The number of benzene rings is 1. The van der Waals surface area contributed by atoms with Gasteiger partial charge in [-0.2, -0.15) is 0 Å². The second-order valence-electron chi connectivity index (χ2n) is 11.2. The summed E-state index contributed by atoms with van der Waals surface area (Å²) < 4.78 is 5.92. The van der Waals surface area contributed by atoms with Gasteiger partial charge in [-0.15, -0.1) is 0 Å². The van der Waals surface area contributed by atoms with Crippen LogP contribution in [0.4, 0.5) is 0 Å². The van der Waals surface area contributed by atoms with E-state index in [1.165, 1.54) is 18.6 Å². The van der Waals surface area contributed by atoms with E-state index in [2.05, 4.69) is 50.4 Å². The Hall–Kier alpha value is -4.46. The van der Waals surface area contributed by atoms with Crippen molar-refractivity contribution in [1.29, 1.82) is 10.8 Å². The summed E-state index contributed by atoms with van der Waals surface area (Å²) in [6.07, 6.45) is 2.39. The highest BCUT2D eigenvalue weighted by Gasteiger charge is 2.66. The van der Waals surface area contributed by atoms with E-state index < -0.39 is 35.8 Å². The molecule has 2 aromatic rings. The Bertz CT molecular complexity index is 1380. The smallest absolute Gasteiger partial charge is 0.270 e. The number of hydrogen-bond acceptors (Lipinski definition) is 8. The van der Waals surface area contributed by atoms with Gasteiger partial charge in [0.05, 0.1) is 30.3 Å². The van der Waals surface area contributed by atoms with E-state index in [4.69, 9.17) is 15.6 Å². The number of aromatic nitrogens is 2. The molecule has 4 aliphatic rings. The van der Waals surface area contributed by atoms with Crippen LogP contribution in [-0.2, 0) is 5.41 Å². The van der Waals surface area contributed by atoms with Gasteiger partial charge < -0.3 is 41.3 Å². The number of nitrogens with one attached hydrogen (secondary N) is 7. The lowest BCUT2D eigenvalue weighted by Crippen LogP contribution is -2.78. The minimum absolute atomic E-state index is 0.000456. The number of nitrogens with zero attached hydrogens (tertiary/aromatic N) is 3. The zero-order valence-corrected chi connectivity index (χ0v) is 22.1. The van der Waals surface area contributed by atoms with Crippen LogP contribution in [0.5, 0.6) is 5.75 Å². The first-order valence-electron chi connectivity index (χ1n) is 13.2. The minimum Gasteiger partial charge on any atom is -0.492 e. The minimum atomic E-state index is -1.30. The van der Waals surface area contributed by atoms with E-state index in [1.54, 1.807) is 11.0 Å². The van der Waals surface area contributed by atoms with Crippen LogP contribution < -0.4 is 31.3 Å². The Morgan fingerprint density at radius 1 is 1.23 bits per heavy atom. The van der Waals surface area contributed by atoms with Crippen molar-refractivity contribution in [3.05, 3.63) is 53.6 Å². The fourth-order valence-electron chi connectivity index (χ4n) is 6.21. The molecule has 0 aliphatic carbocycles. The van der Waals surface area contributed by atoms with Crippen LogP contribution in [0.2, 0.25) is 0 Å². The van der Waals surface area contributed by atoms with Crippen molar-refractivity contribution in [2.24, 2.45) is 0 Å². The van der Waals surface area contributed by atoms with Crippen LogP contribution in [0.1, 0.15) is 46.7 Å². The van der Waals surface area contributed by atoms with Crippen molar-refractivity contribution in [2.45, 2.75) is 55.6 Å². The maximum atomic E-state index is 13.5. The number of rotatable bonds is 5. The summed E-state index contributed by atoms with van der Waals surface area (Å²) >= 11 is 0. The molecule has 2 amide bonds. The third-order valence-corrected chi connectivity index (χ3v) is 8.33. The molecule has 3 fully saturated rings. The molecule has 2 unspecified atom stereocenters. The van der Waals surface area contributed by atoms with Gasteiger partial charge in [0, 0.05) is 24.8 Å². The SMILES string of the molecule is CC1(C)CCOc2c(C(=O)NC3CN4C(=N)N[C@@H](CNC(=O)c5ccncn5)[C@@H]5NC(=N)NC54[C@@H]3O)cccc21. The molecular formula is C26H32N10O4. The van der Waals surface area contributed by atoms with Crippen molar-refractivity contribution in [2.75, 3.05) is 19.7 Å². The summed E-state index contributed by atoms with van der Waals surface area (Å²) in [5.41, 5.74) is 0.113. The van der Waals surface area contributed by atoms with Gasteiger partial charge in [-0.25, -0.2) is 9.97 Å². The maximum Gasteiger partial charge on any atom is 0.270 e. The molecule has 0 radical (unpaired) electrons. The predicted octanol–water partition coefficient (Wildman–Crippen LogP) is -1.16. The molecule has 210 valence electrons. The summed E-state index contributed by atoms with van der Waals surface area (Å²) in [6.45, 7) is 4.95. The summed E-state index contributed by atoms with van der Waals surface area (Å²) in [5, 5.41) is 43.6. The van der Waals surface area contributed by atoms with Crippen molar-refractivity contribution in [3.63, 3.8) is 0 Å². The second-order valence-corrected chi connectivity index (χ2v) is 11.2. The fraction of sp³-hybridized carbons (Fsp3) is 0.462. The lowest BCUT2D eigenvalue weighted by molar-refractivity contribution is 0.00611. The summed E-state index contributed by atoms with van der Waals surface area (Å²) in [4.78, 5) is 35.5. The number of aliphatic hydroxyl groups excluding tert-OH is 1. The Morgan fingerprint density at radius 2 is 2.05 bits per heavy atom. The molecule has 1 aromatic heterocycles. The molecule has 4 aliphatic heterocycles. The van der Waals surface area contributed by atoms with E-state index in [0.29, 0.717) is 17.9 Å². The van der Waals surface area contributed by atoms with Crippen LogP contribution in [-0.4, -0.2) is 93.3 Å². The molecule has 14 nitrogen and oxygen atoms in total. The van der Waals surface area contributed by atoms with Crippen molar-refractivity contribution < 1.29 is 19.4 Å². The molecule has 40 heavy (non-hydrogen) atoms. The van der Waals surface area contributed by atoms with Gasteiger partial charge in [0.15, 0.2) is 17.6 Å². The van der Waals surface area contributed by atoms with Crippen LogP contribution >= 0.6 is 0 Å². The molecule has 5 atom stereocenters. The van der Waals surface area contributed by atoms with E-state index in [0.717, 1.165) is 12.0 Å². The Labute approximate surface area is 230 Å². The van der Waals surface area contributed by atoms with Crippen LogP contribution in [0.25, 0.3) is 0 Å². The number of fused-ring (bicyclic) bond motifs is 1. The number of hydrogen-bond donors (Lipinski definition) is 8. The number of guanidine groups is 2. The third-order valence-electron chi connectivity index (χ3n) is 8.33. The summed E-state index contributed by atoms with van der Waals surface area (Å²) in [6, 6.07) is 5.04. The van der Waals surface area contributed by atoms with Crippen molar-refractivity contribution in [1.82, 2.24) is 41.5 Å². The Kier molecular flexibility index (Phi) is 6.02. The molecule has 8 N–H and O–H groups in total. The number of aliphatic hydroxyl groups is 1. The van der Waals surface area contributed by atoms with Crippen molar-refractivity contribution in [3.8, 4) is 5.75 Å². The summed E-state index contributed by atoms with van der Waals surface area (Å²) in [7, 11) is 0. The van der Waals surface area contributed by atoms with Crippen LogP contribution in [0.3, 0.4) is 0 Å². The first-order valence-corrected chi connectivity index (χ1v) is 13.2. The van der Waals surface area contributed by atoms with Crippen molar-refractivity contribution >= 4 is 23.7 Å². The van der Waals surface area contributed by atoms with Gasteiger partial charge in [0.2, 0.25) is 0 Å². The standard InChI is InChI=1S/C26H32N10O4/c1-25(2)7-9-40-18-13(4-3-5-14(18)25)21(38)32-17-11-36-24(28)33-16(10-30-22(39)15-6-8-29-12-31-15)19-26(36,20(17)37)35-23(27)34-19/h3-6,8,12,16-17,19-20,37H,7,9-11H2,1-2H3,(H2,28,33)(H,30,39)(H,32,38)(H3,27,34,35)/t16-,17?,19-,20+,26?/m0/s1. The molecule has 1 spiro atoms. The normalized spacial score (nSPS) is 29.5. The fourth-order valence-corrected chi connectivity index (χ4v) is 6.21. The first-order chi connectivity index (χ1) is 19.1. The van der Waals surface area contributed by atoms with Gasteiger partial charge >= 0.3 is 0 Å². The molecule has 5 heterocycles. The van der Waals surface area contributed by atoms with Crippen LogP contribution in [0.15, 0.2) is 36.8 Å².